The Morgan fingerprint density at radius 1 is 1.37 bits per heavy atom. The van der Waals surface area contributed by atoms with E-state index in [0.29, 0.717) is 6.04 Å². The number of benzene rings is 1. The van der Waals surface area contributed by atoms with Crippen LogP contribution in [0.15, 0.2) is 18.2 Å². The van der Waals surface area contributed by atoms with Gasteiger partial charge in [-0.2, -0.15) is 11.8 Å². The minimum atomic E-state index is 0.714. The summed E-state index contributed by atoms with van der Waals surface area (Å²) >= 11 is 2.03. The lowest BCUT2D eigenvalue weighted by Gasteiger charge is -2.19. The van der Waals surface area contributed by atoms with Crippen molar-refractivity contribution in [1.82, 2.24) is 5.32 Å². The molecule has 1 aromatic carbocycles. The molecular formula is C16H24N2S. The first-order chi connectivity index (χ1) is 9.28. The van der Waals surface area contributed by atoms with Gasteiger partial charge in [-0.1, -0.05) is 18.6 Å². The van der Waals surface area contributed by atoms with E-state index in [1.807, 2.05) is 11.8 Å². The summed E-state index contributed by atoms with van der Waals surface area (Å²) < 4.78 is 0. The van der Waals surface area contributed by atoms with Crippen molar-refractivity contribution in [2.75, 3.05) is 24.7 Å². The molecule has 2 nitrogen and oxygen atoms in total. The van der Waals surface area contributed by atoms with Gasteiger partial charge in [0.05, 0.1) is 0 Å². The van der Waals surface area contributed by atoms with Gasteiger partial charge < -0.3 is 10.2 Å². The van der Waals surface area contributed by atoms with E-state index in [9.17, 15) is 0 Å². The Labute approximate surface area is 121 Å². The van der Waals surface area contributed by atoms with Crippen molar-refractivity contribution in [3.63, 3.8) is 0 Å². The van der Waals surface area contributed by atoms with E-state index in [2.05, 4.69) is 41.7 Å². The third-order valence-corrected chi connectivity index (χ3v) is 5.77. The molecule has 19 heavy (non-hydrogen) atoms. The fourth-order valence-electron chi connectivity index (χ4n) is 3.42. The Hall–Kier alpha value is -0.670. The normalized spacial score (nSPS) is 25.9. The van der Waals surface area contributed by atoms with Gasteiger partial charge in [0.15, 0.2) is 0 Å². The van der Waals surface area contributed by atoms with Crippen LogP contribution in [0.1, 0.15) is 30.4 Å². The molecule has 0 spiro atoms. The van der Waals surface area contributed by atoms with Crippen LogP contribution in [0.4, 0.5) is 5.69 Å². The molecule has 0 aromatic heterocycles. The lowest BCUT2D eigenvalue weighted by molar-refractivity contribution is 0.532. The van der Waals surface area contributed by atoms with Crippen LogP contribution in [-0.2, 0) is 13.0 Å². The molecule has 1 fully saturated rings. The summed E-state index contributed by atoms with van der Waals surface area (Å²) in [6, 6.07) is 7.69. The van der Waals surface area contributed by atoms with Gasteiger partial charge >= 0.3 is 0 Å². The Balaban J connectivity index is 1.61. The van der Waals surface area contributed by atoms with Crippen molar-refractivity contribution < 1.29 is 0 Å². The molecule has 0 amide bonds. The van der Waals surface area contributed by atoms with Gasteiger partial charge in [-0.3, -0.25) is 0 Å². The Kier molecular flexibility index (Phi) is 4.04. The smallest absolute Gasteiger partial charge is 0.0397 e. The Morgan fingerprint density at radius 2 is 2.26 bits per heavy atom. The van der Waals surface area contributed by atoms with Gasteiger partial charge in [-0.05, 0) is 42.7 Å². The average Bonchev–Trinajstić information content (AvgIpc) is 3.03. The SMILES string of the molecule is CSC1CCCC1NCc1ccc2c(c1)CCN2C. The van der Waals surface area contributed by atoms with Crippen LogP contribution in [-0.4, -0.2) is 31.1 Å². The number of thioether (sulfide) groups is 1. The molecule has 1 aliphatic heterocycles. The molecule has 2 atom stereocenters. The van der Waals surface area contributed by atoms with Gasteiger partial charge in [0.1, 0.15) is 0 Å². The maximum absolute atomic E-state index is 3.77. The zero-order chi connectivity index (χ0) is 13.2. The van der Waals surface area contributed by atoms with Crippen LogP contribution in [0.25, 0.3) is 0 Å². The molecule has 1 aromatic rings. The highest BCUT2D eigenvalue weighted by Gasteiger charge is 2.25. The van der Waals surface area contributed by atoms with E-state index in [1.54, 1.807) is 0 Å². The maximum Gasteiger partial charge on any atom is 0.0397 e. The first kappa shape index (κ1) is 13.3. The first-order valence-corrected chi connectivity index (χ1v) is 8.66. The standard InChI is InChI=1S/C16H24N2S/c1-18-9-8-13-10-12(6-7-15(13)18)11-17-14-4-3-5-16(14)19-2/h6-7,10,14,16-17H,3-5,8-9,11H2,1-2H3. The maximum atomic E-state index is 3.77. The predicted octanol–water partition coefficient (Wildman–Crippen LogP) is 3.05. The van der Waals surface area contributed by atoms with E-state index < -0.39 is 0 Å². The third kappa shape index (κ3) is 2.77. The summed E-state index contributed by atoms with van der Waals surface area (Å²) in [6.07, 6.45) is 7.57. The van der Waals surface area contributed by atoms with Gasteiger partial charge in [-0.25, -0.2) is 0 Å². The summed E-state index contributed by atoms with van der Waals surface area (Å²) in [5, 5.41) is 4.59. The number of likely N-dealkylation sites (N-methyl/N-ethyl adjacent to an activating group) is 1. The van der Waals surface area contributed by atoms with Gasteiger partial charge in [0, 0.05) is 37.1 Å². The van der Waals surface area contributed by atoms with E-state index in [0.717, 1.165) is 11.8 Å². The van der Waals surface area contributed by atoms with E-state index in [1.165, 1.54) is 49.0 Å². The van der Waals surface area contributed by atoms with Crippen LogP contribution in [0.3, 0.4) is 0 Å². The van der Waals surface area contributed by atoms with Gasteiger partial charge in [-0.15, -0.1) is 0 Å². The molecule has 1 saturated carbocycles. The highest BCUT2D eigenvalue weighted by molar-refractivity contribution is 7.99. The van der Waals surface area contributed by atoms with Gasteiger partial charge in [0.2, 0.25) is 0 Å². The van der Waals surface area contributed by atoms with E-state index >= 15 is 0 Å². The van der Waals surface area contributed by atoms with Crippen molar-refractivity contribution in [2.24, 2.45) is 0 Å². The highest BCUT2D eigenvalue weighted by Crippen LogP contribution is 2.30. The molecular weight excluding hydrogens is 252 g/mol. The minimum Gasteiger partial charge on any atom is -0.374 e. The zero-order valence-corrected chi connectivity index (χ0v) is 12.8. The van der Waals surface area contributed by atoms with Crippen LogP contribution in [0.5, 0.6) is 0 Å². The molecule has 3 rings (SSSR count). The molecule has 1 heterocycles. The number of hydrogen-bond donors (Lipinski definition) is 1. The number of anilines is 1. The number of hydrogen-bond acceptors (Lipinski definition) is 3. The van der Waals surface area contributed by atoms with Crippen LogP contribution >= 0.6 is 11.8 Å². The third-order valence-electron chi connectivity index (χ3n) is 4.60. The first-order valence-electron chi connectivity index (χ1n) is 7.37. The number of rotatable bonds is 4. The second kappa shape index (κ2) is 5.76. The van der Waals surface area contributed by atoms with E-state index in [4.69, 9.17) is 0 Å². The molecule has 1 aliphatic carbocycles. The predicted molar refractivity (Wildman–Crippen MR) is 85.2 cm³/mol. The summed E-state index contributed by atoms with van der Waals surface area (Å²) in [7, 11) is 2.19. The van der Waals surface area contributed by atoms with Crippen molar-refractivity contribution in [3.8, 4) is 0 Å². The molecule has 104 valence electrons. The van der Waals surface area contributed by atoms with Gasteiger partial charge in [0.25, 0.3) is 0 Å². The molecule has 0 saturated heterocycles. The topological polar surface area (TPSA) is 15.3 Å². The second-order valence-electron chi connectivity index (χ2n) is 5.83. The summed E-state index contributed by atoms with van der Waals surface area (Å²) in [5.41, 5.74) is 4.39. The van der Waals surface area contributed by atoms with Crippen LogP contribution < -0.4 is 10.2 Å². The van der Waals surface area contributed by atoms with Crippen molar-refractivity contribution in [3.05, 3.63) is 29.3 Å². The lowest BCUT2D eigenvalue weighted by Crippen LogP contribution is -2.33. The van der Waals surface area contributed by atoms with Crippen molar-refractivity contribution in [1.29, 1.82) is 0 Å². The number of nitrogens with zero attached hydrogens (tertiary/aromatic N) is 1. The van der Waals surface area contributed by atoms with E-state index in [-0.39, 0.29) is 0 Å². The lowest BCUT2D eigenvalue weighted by atomic mass is 10.1. The molecule has 2 aliphatic rings. The second-order valence-corrected chi connectivity index (χ2v) is 6.90. The summed E-state index contributed by atoms with van der Waals surface area (Å²) in [5.74, 6) is 0. The quantitative estimate of drug-likeness (QED) is 0.910. The number of nitrogens with one attached hydrogen (secondary N) is 1. The average molecular weight is 276 g/mol. The fourth-order valence-corrected chi connectivity index (χ4v) is 4.38. The zero-order valence-electron chi connectivity index (χ0n) is 12.0. The highest BCUT2D eigenvalue weighted by atomic mass is 32.2. The summed E-state index contributed by atoms with van der Waals surface area (Å²) in [6.45, 7) is 2.20. The number of fused-ring (bicyclic) bond motifs is 1. The monoisotopic (exact) mass is 276 g/mol. The Bertz CT molecular complexity index is 446. The molecule has 0 radical (unpaired) electrons. The van der Waals surface area contributed by atoms with Crippen molar-refractivity contribution in [2.45, 2.75) is 43.5 Å². The van der Waals surface area contributed by atoms with Crippen LogP contribution in [0.2, 0.25) is 0 Å². The molecule has 0 bridgehead atoms. The molecule has 2 unspecified atom stereocenters. The Morgan fingerprint density at radius 3 is 3.11 bits per heavy atom. The minimum absolute atomic E-state index is 0.714. The largest absolute Gasteiger partial charge is 0.374 e. The molecule has 3 heteroatoms. The molecule has 1 N–H and O–H groups in total. The van der Waals surface area contributed by atoms with Crippen LogP contribution in [0, 0.1) is 0 Å². The summed E-state index contributed by atoms with van der Waals surface area (Å²) in [4.78, 5) is 2.35. The fraction of sp³-hybridized carbons (Fsp3) is 0.625. The van der Waals surface area contributed by atoms with Crippen molar-refractivity contribution >= 4 is 17.4 Å².